The average Bonchev–Trinajstić information content (AvgIpc) is 3.33. The van der Waals surface area contributed by atoms with Crippen LogP contribution >= 0.6 is 0 Å². The van der Waals surface area contributed by atoms with Gasteiger partial charge in [-0.1, -0.05) is 0 Å². The standard InChI is InChI=1S/6C6H5NO5S.2Nd/c6*8-6(9)4-1-2-7-3-5(4)13(10,11)12;;/h6*1-3H,(H,8,9)(H,10,11,12);;/q;;;;;;2*+3/p-6. The molecule has 0 amide bonds. The van der Waals surface area contributed by atoms with Crippen molar-refractivity contribution >= 4 is 96.5 Å². The number of carbonyl (C=O) groups is 6. The summed E-state index contributed by atoms with van der Waals surface area (Å²) in [5, 5.41) is 51.0. The second kappa shape index (κ2) is 32.4. The summed E-state index contributed by atoms with van der Waals surface area (Å²) in [5.74, 6) is -8.85. The molecule has 0 saturated heterocycles. The normalized spacial score (nSPS) is 10.9. The van der Waals surface area contributed by atoms with Crippen molar-refractivity contribution in [1.29, 1.82) is 0 Å². The van der Waals surface area contributed by atoms with Crippen molar-refractivity contribution in [2.24, 2.45) is 0 Å². The van der Waals surface area contributed by atoms with E-state index in [1.165, 1.54) is 0 Å². The Hall–Kier alpha value is -6.12. The molecule has 0 aliphatic rings. The first-order valence-corrected chi connectivity index (χ1v) is 26.8. The summed E-state index contributed by atoms with van der Waals surface area (Å²) < 4.78 is 189. The number of rotatable bonds is 12. The van der Waals surface area contributed by atoms with E-state index in [0.717, 1.165) is 73.6 Å². The second-order valence-electron chi connectivity index (χ2n) is 12.8. The number of hydrogen-bond donors (Lipinski definition) is 6. The van der Waals surface area contributed by atoms with Gasteiger partial charge in [0.15, 0.2) is 0 Å². The minimum absolute atomic E-state index is 0. The number of nitrogens with zero attached hydrogens (tertiary/aromatic N) is 6. The minimum Gasteiger partial charge on any atom is -0.744 e. The van der Waals surface area contributed by atoms with E-state index >= 15 is 0 Å². The van der Waals surface area contributed by atoms with E-state index in [1.54, 1.807) is 0 Å². The number of aromatic nitrogens is 6. The Kier molecular flexibility index (Phi) is 30.7. The molecule has 0 aliphatic heterocycles. The molecule has 6 heterocycles. The first kappa shape index (κ1) is 76.0. The van der Waals surface area contributed by atoms with Gasteiger partial charge in [0.05, 0.1) is 62.8 Å². The van der Waals surface area contributed by atoms with Crippen LogP contribution in [-0.2, 0) is 60.7 Å². The van der Waals surface area contributed by atoms with Crippen LogP contribution in [0.2, 0.25) is 0 Å². The summed E-state index contributed by atoms with van der Waals surface area (Å²) in [7, 11) is -28.6. The van der Waals surface area contributed by atoms with Crippen molar-refractivity contribution in [2.75, 3.05) is 0 Å². The predicted molar refractivity (Wildman–Crippen MR) is 235 cm³/mol. The Morgan fingerprint density at radius 3 is 0.425 bits per heavy atom. The Morgan fingerprint density at radius 1 is 0.263 bits per heavy atom. The summed E-state index contributed by atoms with van der Waals surface area (Å²) >= 11 is 0. The Balaban J connectivity index is 0. The first-order valence-electron chi connectivity index (χ1n) is 18.4. The third-order valence-corrected chi connectivity index (χ3v) is 12.9. The zero-order chi connectivity index (χ0) is 60.4. The fraction of sp³-hybridized carbons (Fsp3) is 0. The quantitative estimate of drug-likeness (QED) is 0.0729. The van der Waals surface area contributed by atoms with E-state index < -0.39 is 159 Å². The van der Waals surface area contributed by atoms with Gasteiger partial charge in [-0.25, -0.2) is 79.3 Å². The molecule has 0 saturated carbocycles. The molecule has 80 heavy (non-hydrogen) atoms. The van der Waals surface area contributed by atoms with Gasteiger partial charge in [-0.3, -0.25) is 29.9 Å². The molecule has 6 aromatic rings. The van der Waals surface area contributed by atoms with Crippen LogP contribution in [0.25, 0.3) is 0 Å². The van der Waals surface area contributed by atoms with E-state index in [4.69, 9.17) is 30.6 Å². The largest absolute Gasteiger partial charge is 3.00 e. The van der Waals surface area contributed by atoms with Gasteiger partial charge in [0, 0.05) is 74.4 Å². The summed E-state index contributed by atoms with van der Waals surface area (Å²) in [6.07, 6.45) is 10.9. The summed E-state index contributed by atoms with van der Waals surface area (Å²) in [4.78, 5) is 77.8. The van der Waals surface area contributed by atoms with Gasteiger partial charge in [0.2, 0.25) is 0 Å². The van der Waals surface area contributed by atoms with E-state index in [2.05, 4.69) is 29.9 Å². The van der Waals surface area contributed by atoms with E-state index in [1.807, 2.05) is 0 Å². The van der Waals surface area contributed by atoms with Crippen molar-refractivity contribution in [3.05, 3.63) is 144 Å². The maximum Gasteiger partial charge on any atom is 3.00 e. The van der Waals surface area contributed by atoms with Crippen molar-refractivity contribution in [2.45, 2.75) is 29.4 Å². The second-order valence-corrected chi connectivity index (χ2v) is 20.9. The van der Waals surface area contributed by atoms with Crippen LogP contribution in [0.3, 0.4) is 0 Å². The molecule has 0 fully saturated rings. The van der Waals surface area contributed by atoms with Crippen LogP contribution in [0, 0.1) is 81.7 Å². The van der Waals surface area contributed by atoms with Gasteiger partial charge in [0.25, 0.3) is 0 Å². The maximum absolute atomic E-state index is 10.5. The zero-order valence-corrected chi connectivity index (χ0v) is 49.3. The fourth-order valence-electron chi connectivity index (χ4n) is 4.54. The number of carboxylic acids is 6. The van der Waals surface area contributed by atoms with Crippen molar-refractivity contribution in [3.8, 4) is 0 Å². The molecule has 36 nitrogen and oxygen atoms in total. The van der Waals surface area contributed by atoms with Crippen molar-refractivity contribution in [3.63, 3.8) is 0 Å². The first-order chi connectivity index (χ1) is 35.6. The minimum atomic E-state index is -4.77. The molecule has 44 heteroatoms. The molecule has 422 valence electrons. The molecule has 0 aromatic carbocycles. The Morgan fingerprint density at radius 2 is 0.362 bits per heavy atom. The van der Waals surface area contributed by atoms with E-state index in [9.17, 15) is 107 Å². The van der Waals surface area contributed by atoms with Crippen LogP contribution in [0.15, 0.2) is 140 Å². The van der Waals surface area contributed by atoms with Gasteiger partial charge in [-0.2, -0.15) is 0 Å². The third-order valence-electron chi connectivity index (χ3n) is 7.71. The molecular weight excluding hydrogens is 1480 g/mol. The fourth-order valence-corrected chi connectivity index (χ4v) is 8.22. The van der Waals surface area contributed by atoms with E-state index in [0.29, 0.717) is 37.2 Å². The van der Waals surface area contributed by atoms with Gasteiger partial charge in [0.1, 0.15) is 60.7 Å². The van der Waals surface area contributed by atoms with E-state index in [-0.39, 0.29) is 81.7 Å². The number of pyridine rings is 6. The molecule has 0 spiro atoms. The molecule has 0 unspecified atom stereocenters. The molecule has 2 radical (unpaired) electrons. The van der Waals surface area contributed by atoms with Gasteiger partial charge < -0.3 is 58.0 Å². The predicted octanol–water partition coefficient (Wildman–Crippen LogP) is -1.90. The molecule has 0 atom stereocenters. The van der Waals surface area contributed by atoms with Crippen molar-refractivity contribution in [1.82, 2.24) is 29.9 Å². The van der Waals surface area contributed by atoms with Crippen LogP contribution in [0.5, 0.6) is 0 Å². The van der Waals surface area contributed by atoms with Crippen LogP contribution in [0.4, 0.5) is 0 Å². The van der Waals surface area contributed by atoms with Gasteiger partial charge in [-0.15, -0.1) is 0 Å². The molecule has 0 aliphatic carbocycles. The number of aromatic carboxylic acids is 6. The Labute approximate surface area is 513 Å². The third kappa shape index (κ3) is 25.1. The maximum atomic E-state index is 10.5. The summed E-state index contributed by atoms with van der Waals surface area (Å²) in [6, 6.07) is 5.71. The van der Waals surface area contributed by atoms with Crippen molar-refractivity contribution < 1.29 is 219 Å². The zero-order valence-electron chi connectivity index (χ0n) is 38.0. The molecule has 6 rings (SSSR count). The number of carboxylic acid groups (broad SMARTS) is 6. The average molecular weight is 1500 g/mol. The van der Waals surface area contributed by atoms with Gasteiger partial charge >= 0.3 is 117 Å². The topological polar surface area (TPSA) is 644 Å². The summed E-state index contributed by atoms with van der Waals surface area (Å²) in [6.45, 7) is 0. The molecule has 6 aromatic heterocycles. The SMILES string of the molecule is O=C(O)c1ccncc1S(=O)(=O)[O-].O=C(O)c1ccncc1S(=O)(=O)[O-].O=C(O)c1ccncc1S(=O)(=O)[O-].O=C(O)c1ccncc1S(=O)(=O)[O-].O=C(O)c1ccncc1S(=O)(=O)[O-].O=C(O)c1ccncc1S(=O)(=O)[O-].[Nd+3].[Nd+3]. The Bertz CT molecular complexity index is 3310. The number of hydrogen-bond acceptors (Lipinski definition) is 30. The van der Waals surface area contributed by atoms with Crippen LogP contribution in [0.1, 0.15) is 62.1 Å². The van der Waals surface area contributed by atoms with Crippen LogP contribution < -0.4 is 0 Å². The van der Waals surface area contributed by atoms with Gasteiger partial charge in [-0.05, 0) is 36.4 Å². The summed E-state index contributed by atoms with van der Waals surface area (Å²) in [5.41, 5.74) is -3.39. The molecule has 6 N–H and O–H groups in total. The monoisotopic (exact) mass is 1500 g/mol. The smallest absolute Gasteiger partial charge is 0.744 e. The molecule has 0 bridgehead atoms. The molecular formula is C36H24N6Nd2O30S6. The van der Waals surface area contributed by atoms with Crippen LogP contribution in [-0.4, -0.2) is 174 Å².